The standard InChI is InChI=1S/C13H13N3O2/c1-8-6-10(13(17)18)7-12(14-8)16-5-4-11(15-16)9-2-3-9/h4-7,9H,2-3H2,1H3,(H,17,18). The lowest BCUT2D eigenvalue weighted by molar-refractivity contribution is 0.0696. The summed E-state index contributed by atoms with van der Waals surface area (Å²) in [5.41, 5.74) is 1.98. The maximum atomic E-state index is 11.0. The van der Waals surface area contributed by atoms with Crippen molar-refractivity contribution in [2.75, 3.05) is 0 Å². The highest BCUT2D eigenvalue weighted by molar-refractivity contribution is 5.88. The Morgan fingerprint density at radius 3 is 2.89 bits per heavy atom. The van der Waals surface area contributed by atoms with Crippen LogP contribution >= 0.6 is 0 Å². The summed E-state index contributed by atoms with van der Waals surface area (Å²) >= 11 is 0. The fourth-order valence-corrected chi connectivity index (χ4v) is 1.95. The third-order valence-electron chi connectivity index (χ3n) is 3.03. The monoisotopic (exact) mass is 243 g/mol. The van der Waals surface area contributed by atoms with Gasteiger partial charge in [-0.2, -0.15) is 5.10 Å². The van der Waals surface area contributed by atoms with E-state index in [1.807, 2.05) is 12.3 Å². The summed E-state index contributed by atoms with van der Waals surface area (Å²) in [6.45, 7) is 1.78. The Labute approximate surface area is 104 Å². The summed E-state index contributed by atoms with van der Waals surface area (Å²) in [4.78, 5) is 15.3. The summed E-state index contributed by atoms with van der Waals surface area (Å²) in [6.07, 6.45) is 4.22. The van der Waals surface area contributed by atoms with E-state index in [0.29, 0.717) is 17.4 Å². The van der Waals surface area contributed by atoms with Gasteiger partial charge in [0.25, 0.3) is 0 Å². The fourth-order valence-electron chi connectivity index (χ4n) is 1.95. The zero-order chi connectivity index (χ0) is 12.7. The summed E-state index contributed by atoms with van der Waals surface area (Å²) in [5.74, 6) is 0.186. The average molecular weight is 243 g/mol. The topological polar surface area (TPSA) is 68.0 Å². The van der Waals surface area contributed by atoms with Crippen molar-refractivity contribution < 1.29 is 9.90 Å². The normalized spacial score (nSPS) is 14.7. The van der Waals surface area contributed by atoms with Gasteiger partial charge in [0.15, 0.2) is 5.82 Å². The van der Waals surface area contributed by atoms with E-state index in [2.05, 4.69) is 10.1 Å². The predicted molar refractivity (Wildman–Crippen MR) is 65.0 cm³/mol. The minimum Gasteiger partial charge on any atom is -0.478 e. The summed E-state index contributed by atoms with van der Waals surface area (Å²) < 4.78 is 1.65. The summed E-state index contributed by atoms with van der Waals surface area (Å²) in [6, 6.07) is 5.07. The molecule has 18 heavy (non-hydrogen) atoms. The second-order valence-corrected chi connectivity index (χ2v) is 4.62. The van der Waals surface area contributed by atoms with Crippen LogP contribution in [0.4, 0.5) is 0 Å². The first-order valence-electron chi connectivity index (χ1n) is 5.91. The Kier molecular flexibility index (Phi) is 2.40. The van der Waals surface area contributed by atoms with Gasteiger partial charge in [0.1, 0.15) is 0 Å². The number of hydrogen-bond acceptors (Lipinski definition) is 3. The number of aryl methyl sites for hydroxylation is 1. The Bertz CT molecular complexity index is 614. The molecule has 0 atom stereocenters. The van der Waals surface area contributed by atoms with Crippen LogP contribution in [0.15, 0.2) is 24.4 Å². The number of carbonyl (C=O) groups is 1. The number of rotatable bonds is 3. The van der Waals surface area contributed by atoms with E-state index in [9.17, 15) is 4.79 Å². The van der Waals surface area contributed by atoms with Crippen LogP contribution in [0, 0.1) is 6.92 Å². The van der Waals surface area contributed by atoms with Crippen LogP contribution in [-0.2, 0) is 0 Å². The zero-order valence-electron chi connectivity index (χ0n) is 10.00. The molecule has 0 aliphatic heterocycles. The molecule has 0 spiro atoms. The molecule has 2 aromatic heterocycles. The highest BCUT2D eigenvalue weighted by Crippen LogP contribution is 2.38. The fraction of sp³-hybridized carbons (Fsp3) is 0.308. The van der Waals surface area contributed by atoms with Crippen molar-refractivity contribution in [3.8, 4) is 5.82 Å². The first-order valence-corrected chi connectivity index (χ1v) is 5.91. The first-order chi connectivity index (χ1) is 8.63. The molecule has 1 N–H and O–H groups in total. The van der Waals surface area contributed by atoms with Gasteiger partial charge in [-0.25, -0.2) is 14.5 Å². The van der Waals surface area contributed by atoms with Crippen molar-refractivity contribution >= 4 is 5.97 Å². The van der Waals surface area contributed by atoms with E-state index in [1.54, 1.807) is 23.7 Å². The first kappa shape index (κ1) is 11.0. The molecule has 1 aliphatic carbocycles. The molecule has 0 radical (unpaired) electrons. The van der Waals surface area contributed by atoms with Gasteiger partial charge in [0, 0.05) is 17.8 Å². The maximum Gasteiger partial charge on any atom is 0.335 e. The molecule has 5 nitrogen and oxygen atoms in total. The van der Waals surface area contributed by atoms with Crippen LogP contribution < -0.4 is 0 Å². The third-order valence-corrected chi connectivity index (χ3v) is 3.03. The quantitative estimate of drug-likeness (QED) is 0.896. The van der Waals surface area contributed by atoms with E-state index in [0.717, 1.165) is 5.69 Å². The molecule has 0 saturated heterocycles. The summed E-state index contributed by atoms with van der Waals surface area (Å²) in [7, 11) is 0. The number of aromatic nitrogens is 3. The Morgan fingerprint density at radius 1 is 1.44 bits per heavy atom. The van der Waals surface area contributed by atoms with Crippen LogP contribution in [0.5, 0.6) is 0 Å². The van der Waals surface area contributed by atoms with Crippen LogP contribution in [0.2, 0.25) is 0 Å². The third kappa shape index (κ3) is 1.99. The Morgan fingerprint density at radius 2 is 2.22 bits per heavy atom. The minimum absolute atomic E-state index is 0.237. The number of carboxylic acid groups (broad SMARTS) is 1. The van der Waals surface area contributed by atoms with Gasteiger partial charge in [-0.15, -0.1) is 0 Å². The number of carboxylic acids is 1. The van der Waals surface area contributed by atoms with Crippen molar-refractivity contribution in [2.45, 2.75) is 25.7 Å². The zero-order valence-corrected chi connectivity index (χ0v) is 10.00. The highest BCUT2D eigenvalue weighted by atomic mass is 16.4. The van der Waals surface area contributed by atoms with Crippen molar-refractivity contribution in [1.29, 1.82) is 0 Å². The minimum atomic E-state index is -0.948. The molecule has 0 bridgehead atoms. The van der Waals surface area contributed by atoms with E-state index >= 15 is 0 Å². The van der Waals surface area contributed by atoms with Crippen LogP contribution in [0.3, 0.4) is 0 Å². The number of pyridine rings is 1. The molecule has 1 fully saturated rings. The van der Waals surface area contributed by atoms with E-state index < -0.39 is 5.97 Å². The molecular formula is C13H13N3O2. The molecule has 0 unspecified atom stereocenters. The maximum absolute atomic E-state index is 11.0. The van der Waals surface area contributed by atoms with Crippen molar-refractivity contribution in [3.63, 3.8) is 0 Å². The largest absolute Gasteiger partial charge is 0.478 e. The number of aromatic carboxylic acids is 1. The van der Waals surface area contributed by atoms with Gasteiger partial charge in [0.2, 0.25) is 0 Å². The molecule has 5 heteroatoms. The van der Waals surface area contributed by atoms with Gasteiger partial charge in [-0.1, -0.05) is 0 Å². The highest BCUT2D eigenvalue weighted by Gasteiger charge is 2.26. The number of nitrogens with zero attached hydrogens (tertiary/aromatic N) is 3. The SMILES string of the molecule is Cc1cc(C(=O)O)cc(-n2ccc(C3CC3)n2)n1. The van der Waals surface area contributed by atoms with Gasteiger partial charge in [0.05, 0.1) is 11.3 Å². The van der Waals surface area contributed by atoms with Crippen LogP contribution in [0.25, 0.3) is 5.82 Å². The lowest BCUT2D eigenvalue weighted by atomic mass is 10.2. The lowest BCUT2D eigenvalue weighted by Gasteiger charge is -2.04. The Balaban J connectivity index is 2.01. The molecule has 0 aromatic carbocycles. The van der Waals surface area contributed by atoms with Crippen molar-refractivity contribution in [1.82, 2.24) is 14.8 Å². The van der Waals surface area contributed by atoms with Gasteiger partial charge >= 0.3 is 5.97 Å². The van der Waals surface area contributed by atoms with Crippen LogP contribution in [0.1, 0.15) is 40.5 Å². The molecule has 3 rings (SSSR count). The van der Waals surface area contributed by atoms with Crippen molar-refractivity contribution in [3.05, 3.63) is 41.3 Å². The predicted octanol–water partition coefficient (Wildman–Crippen LogP) is 2.15. The molecule has 2 aromatic rings. The molecule has 92 valence electrons. The van der Waals surface area contributed by atoms with Gasteiger partial charge < -0.3 is 5.11 Å². The Hall–Kier alpha value is -2.17. The van der Waals surface area contributed by atoms with Crippen LogP contribution in [-0.4, -0.2) is 25.8 Å². The van der Waals surface area contributed by atoms with Gasteiger partial charge in [-0.3, -0.25) is 0 Å². The van der Waals surface area contributed by atoms with Gasteiger partial charge in [-0.05, 0) is 38.0 Å². The molecule has 1 aliphatic rings. The summed E-state index contributed by atoms with van der Waals surface area (Å²) in [5, 5.41) is 13.5. The molecular weight excluding hydrogens is 230 g/mol. The lowest BCUT2D eigenvalue weighted by Crippen LogP contribution is -2.05. The second-order valence-electron chi connectivity index (χ2n) is 4.62. The van der Waals surface area contributed by atoms with E-state index in [1.165, 1.54) is 12.8 Å². The second kappa shape index (κ2) is 3.94. The van der Waals surface area contributed by atoms with E-state index in [-0.39, 0.29) is 5.56 Å². The smallest absolute Gasteiger partial charge is 0.335 e. The van der Waals surface area contributed by atoms with E-state index in [4.69, 9.17) is 5.11 Å². The number of hydrogen-bond donors (Lipinski definition) is 1. The molecule has 0 amide bonds. The van der Waals surface area contributed by atoms with Crippen molar-refractivity contribution in [2.24, 2.45) is 0 Å². The molecule has 2 heterocycles. The molecule has 1 saturated carbocycles. The average Bonchev–Trinajstić information content (AvgIpc) is 3.06.